The van der Waals surface area contributed by atoms with Crippen LogP contribution in [0.4, 0.5) is 0 Å². The second-order valence-electron chi connectivity index (χ2n) is 19.7. The number of nitrogens with zero attached hydrogens (tertiary/aromatic N) is 2. The van der Waals surface area contributed by atoms with Gasteiger partial charge in [-0.2, -0.15) is 0 Å². The number of carboxylic acids is 2. The van der Waals surface area contributed by atoms with Crippen LogP contribution in [-0.4, -0.2) is 142 Å². The molecule has 0 bridgehead atoms. The molecule has 18 heteroatoms. The first kappa shape index (κ1) is 60.9. The van der Waals surface area contributed by atoms with Crippen molar-refractivity contribution in [1.29, 1.82) is 0 Å². The zero-order valence-electron chi connectivity index (χ0n) is 45.3. The van der Waals surface area contributed by atoms with E-state index >= 15 is 0 Å². The molecule has 6 rings (SSSR count). The molecule has 0 amide bonds. The van der Waals surface area contributed by atoms with Crippen molar-refractivity contribution in [2.24, 2.45) is 5.41 Å². The van der Waals surface area contributed by atoms with E-state index in [9.17, 15) is 19.8 Å². The van der Waals surface area contributed by atoms with Crippen molar-refractivity contribution >= 4 is 11.9 Å². The molecule has 4 aromatic rings. The molecule has 16 nitrogen and oxygen atoms in total. The zero-order valence-corrected chi connectivity index (χ0v) is 46.8. The highest BCUT2D eigenvalue weighted by molar-refractivity contribution is 5.74. The molecule has 0 radical (unpaired) electrons. The molecule has 5 atom stereocenters. The molecule has 0 aliphatic carbocycles. The Morgan fingerprint density at radius 2 is 0.919 bits per heavy atom. The van der Waals surface area contributed by atoms with Gasteiger partial charge in [-0.25, -0.2) is 0 Å². The van der Waals surface area contributed by atoms with Crippen LogP contribution < -0.4 is 72.2 Å². The number of ether oxygens (including phenoxy) is 10. The fourth-order valence-corrected chi connectivity index (χ4v) is 11.7. The number of aliphatic carboxylic acids is 2. The predicted molar refractivity (Wildman–Crippen MR) is 273 cm³/mol. The van der Waals surface area contributed by atoms with Crippen LogP contribution in [0.1, 0.15) is 96.8 Å². The van der Waals surface area contributed by atoms with Crippen LogP contribution in [0, 0.1) is 5.41 Å². The van der Waals surface area contributed by atoms with Gasteiger partial charge in [-0.15, -0.1) is 0 Å². The summed E-state index contributed by atoms with van der Waals surface area (Å²) in [4.78, 5) is 25.7. The molecule has 4 aromatic carbocycles. The molecular formula is C56H78Cl2N2O14. The summed E-state index contributed by atoms with van der Waals surface area (Å²) in [6.45, 7) is 2.94. The number of halogens is 2. The van der Waals surface area contributed by atoms with Gasteiger partial charge in [0.15, 0.2) is 46.0 Å². The standard InChI is InChI=1S/C56H76N2O14.2ClH/c1-57(25-18-37-30-43(63-3)45(65-5)34-40(37)42(57)27-36-28-47(67-7)53(71-11)48(29-36)68-8)23-15-21-56(55(61)62,20-14-13-17-51(59)60)22-16-24-58(2)26-19-38-31-44(64-4)46(66-6)35-41(38)52(58)39-32-49(69-9)54(72-12)50(33-39)70-10;;/h28-35,42,52H,13-27H2,1-12H3;2*1H/t42-,52+,56?,57+,58+;;/m1../s1. The lowest BCUT2D eigenvalue weighted by Gasteiger charge is -2.47. The van der Waals surface area contributed by atoms with Crippen LogP contribution in [0.25, 0.3) is 0 Å². The Balaban J connectivity index is 0.00000593. The summed E-state index contributed by atoms with van der Waals surface area (Å²) in [5.74, 6) is 4.08. The summed E-state index contributed by atoms with van der Waals surface area (Å²) < 4.78 is 59.1. The minimum Gasteiger partial charge on any atom is -1.00 e. The van der Waals surface area contributed by atoms with Crippen molar-refractivity contribution in [3.05, 3.63) is 81.9 Å². The normalized spacial score (nSPS) is 19.4. The second-order valence-corrected chi connectivity index (χ2v) is 19.7. The third kappa shape index (κ3) is 12.9. The number of carboxylic acid groups (broad SMARTS) is 2. The van der Waals surface area contributed by atoms with Crippen LogP contribution in [0.3, 0.4) is 0 Å². The lowest BCUT2D eigenvalue weighted by atomic mass is 9.74. The van der Waals surface area contributed by atoms with E-state index in [1.165, 1.54) is 5.56 Å². The molecule has 2 aliphatic rings. The zero-order chi connectivity index (χ0) is 52.4. The molecule has 2 N–H and O–H groups in total. The maximum atomic E-state index is 14.0. The summed E-state index contributed by atoms with van der Waals surface area (Å²) in [5, 5.41) is 21.0. The van der Waals surface area contributed by atoms with Crippen molar-refractivity contribution in [2.45, 2.75) is 82.7 Å². The van der Waals surface area contributed by atoms with E-state index in [4.69, 9.17) is 47.4 Å². The van der Waals surface area contributed by atoms with Gasteiger partial charge in [0.1, 0.15) is 12.1 Å². The number of carbonyl (C=O) groups is 2. The number of likely N-dealkylation sites (N-methyl/N-ethyl adjacent to an activating group) is 2. The fraction of sp³-hybridized carbons (Fsp3) is 0.536. The predicted octanol–water partition coefficient (Wildman–Crippen LogP) is 3.14. The Labute approximate surface area is 450 Å². The van der Waals surface area contributed by atoms with Gasteiger partial charge >= 0.3 is 11.9 Å². The molecule has 1 unspecified atom stereocenters. The molecule has 2 aliphatic heterocycles. The first-order chi connectivity index (χ1) is 34.5. The Morgan fingerprint density at radius 1 is 0.514 bits per heavy atom. The smallest absolute Gasteiger partial charge is 0.309 e. The highest BCUT2D eigenvalue weighted by Gasteiger charge is 2.45. The highest BCUT2D eigenvalue weighted by Crippen LogP contribution is 2.50. The largest absolute Gasteiger partial charge is 1.00 e. The maximum absolute atomic E-state index is 14.0. The van der Waals surface area contributed by atoms with Gasteiger partial charge in [-0.1, -0.05) is 6.42 Å². The van der Waals surface area contributed by atoms with E-state index in [1.54, 1.807) is 71.1 Å². The van der Waals surface area contributed by atoms with Crippen LogP contribution >= 0.6 is 0 Å². The topological polar surface area (TPSA) is 167 Å². The van der Waals surface area contributed by atoms with Crippen LogP contribution in [0.2, 0.25) is 0 Å². The SMILES string of the molecule is COc1cc2c(cc1OC)[C@H](c1cc(OC)c(OC)c(OC)c1)[N@@+](C)(CCCC(CCCCC(=O)O)(CCC[N@@+]1(C)CCc3cc(OC)c(OC)cc3[C@H]1Cc1cc(OC)c(OC)c(OC)c1)C(=O)O)CC2.[Cl-].[Cl-]. The Morgan fingerprint density at radius 3 is 1.36 bits per heavy atom. The molecule has 74 heavy (non-hydrogen) atoms. The Hall–Kier alpha value is -5.68. The number of benzene rings is 4. The van der Waals surface area contributed by atoms with Crippen LogP contribution in [0.5, 0.6) is 57.5 Å². The first-order valence-corrected chi connectivity index (χ1v) is 24.8. The third-order valence-corrected chi connectivity index (χ3v) is 15.7. The number of rotatable bonds is 27. The summed E-state index contributed by atoms with van der Waals surface area (Å²) in [5.41, 5.74) is 5.39. The molecule has 0 aromatic heterocycles. The third-order valence-electron chi connectivity index (χ3n) is 15.7. The van der Waals surface area contributed by atoms with E-state index in [0.29, 0.717) is 131 Å². The van der Waals surface area contributed by atoms with Crippen LogP contribution in [-0.2, 0) is 28.9 Å². The maximum Gasteiger partial charge on any atom is 0.309 e. The summed E-state index contributed by atoms with van der Waals surface area (Å²) in [7, 11) is 20.7. The van der Waals surface area contributed by atoms with Crippen molar-refractivity contribution in [3.63, 3.8) is 0 Å². The van der Waals surface area contributed by atoms with Gasteiger partial charge in [-0.05, 0) is 104 Å². The summed E-state index contributed by atoms with van der Waals surface area (Å²) in [6, 6.07) is 16.0. The van der Waals surface area contributed by atoms with E-state index < -0.39 is 17.4 Å². The van der Waals surface area contributed by atoms with E-state index in [2.05, 4.69) is 38.4 Å². The average Bonchev–Trinajstić information content (AvgIpc) is 3.38. The van der Waals surface area contributed by atoms with Crippen molar-refractivity contribution in [3.8, 4) is 57.5 Å². The fourth-order valence-electron chi connectivity index (χ4n) is 11.7. The van der Waals surface area contributed by atoms with E-state index in [-0.39, 0.29) is 43.3 Å². The van der Waals surface area contributed by atoms with E-state index in [1.807, 2.05) is 24.3 Å². The minimum absolute atomic E-state index is 0. The highest BCUT2D eigenvalue weighted by atomic mass is 35.5. The van der Waals surface area contributed by atoms with Gasteiger partial charge < -0.3 is 91.4 Å². The molecular weight excluding hydrogens is 996 g/mol. The number of quaternary nitrogens is 2. The molecule has 2 heterocycles. The number of unbranched alkanes of at least 4 members (excludes halogenated alkanes) is 1. The minimum atomic E-state index is -1.10. The molecule has 0 saturated heterocycles. The van der Waals surface area contributed by atoms with Gasteiger partial charge in [-0.3, -0.25) is 9.59 Å². The van der Waals surface area contributed by atoms with Gasteiger partial charge in [0, 0.05) is 42.4 Å². The molecule has 0 saturated carbocycles. The molecule has 0 fully saturated rings. The van der Waals surface area contributed by atoms with Gasteiger partial charge in [0.25, 0.3) is 0 Å². The number of methoxy groups -OCH3 is 10. The lowest BCUT2D eigenvalue weighted by Crippen LogP contribution is -3.00. The number of hydrogen-bond acceptors (Lipinski definition) is 12. The second kappa shape index (κ2) is 26.7. The lowest BCUT2D eigenvalue weighted by molar-refractivity contribution is -0.941. The quantitative estimate of drug-likeness (QED) is 0.0661. The van der Waals surface area contributed by atoms with E-state index in [0.717, 1.165) is 53.7 Å². The van der Waals surface area contributed by atoms with Crippen molar-refractivity contribution in [1.82, 2.24) is 0 Å². The van der Waals surface area contributed by atoms with Gasteiger partial charge in [0.2, 0.25) is 11.5 Å². The summed E-state index contributed by atoms with van der Waals surface area (Å²) >= 11 is 0. The Kier molecular flexibility index (Phi) is 22.0. The summed E-state index contributed by atoms with van der Waals surface area (Å²) in [6.07, 6.45) is 5.51. The monoisotopic (exact) mass is 1070 g/mol. The molecule has 410 valence electrons. The number of hydrogen-bond donors (Lipinski definition) is 2. The first-order valence-electron chi connectivity index (χ1n) is 24.8. The number of fused-ring (bicyclic) bond motifs is 2. The average molecular weight is 1070 g/mol. The van der Waals surface area contributed by atoms with Crippen molar-refractivity contribution < 1.29 is 101 Å². The molecule has 0 spiro atoms. The van der Waals surface area contributed by atoms with Crippen LogP contribution in [0.15, 0.2) is 48.5 Å². The Bertz CT molecular complexity index is 2490. The van der Waals surface area contributed by atoms with Gasteiger partial charge in [0.05, 0.1) is 117 Å². The van der Waals surface area contributed by atoms with Crippen molar-refractivity contribution in [2.75, 3.05) is 111 Å².